The lowest BCUT2D eigenvalue weighted by Gasteiger charge is -2.31. The van der Waals surface area contributed by atoms with Gasteiger partial charge in [-0.15, -0.1) is 0 Å². The molecule has 0 spiro atoms. The second-order valence-corrected chi connectivity index (χ2v) is 17.7. The fourth-order valence-electron chi connectivity index (χ4n) is 10.5. The Balaban J connectivity index is 1.08. The maximum atomic E-state index is 7.33. The van der Waals surface area contributed by atoms with Crippen molar-refractivity contribution in [2.45, 2.75) is 32.7 Å². The number of fused-ring (bicyclic) bond motifs is 6. The first-order valence-corrected chi connectivity index (χ1v) is 23.6. The van der Waals surface area contributed by atoms with E-state index >= 15 is 0 Å². The number of allylic oxidation sites excluding steroid dienone is 4. The zero-order valence-electron chi connectivity index (χ0n) is 37.6. The van der Waals surface area contributed by atoms with E-state index in [2.05, 4.69) is 226 Å². The molecule has 0 aliphatic carbocycles. The molecule has 0 fully saturated rings. The van der Waals surface area contributed by atoms with Crippen molar-refractivity contribution < 1.29 is 8.83 Å². The van der Waals surface area contributed by atoms with Gasteiger partial charge in [-0.2, -0.15) is 0 Å². The van der Waals surface area contributed by atoms with Crippen molar-refractivity contribution in [3.63, 3.8) is 0 Å². The van der Waals surface area contributed by atoms with Crippen LogP contribution in [-0.2, 0) is 0 Å². The van der Waals surface area contributed by atoms with E-state index in [1.54, 1.807) is 0 Å². The smallest absolute Gasteiger partial charge is 0.147 e. The van der Waals surface area contributed by atoms with E-state index in [9.17, 15) is 0 Å². The number of benzene rings is 8. The van der Waals surface area contributed by atoms with E-state index in [0.29, 0.717) is 0 Å². The largest absolute Gasteiger partial charge is 0.455 e. The maximum absolute atomic E-state index is 7.33. The van der Waals surface area contributed by atoms with Gasteiger partial charge in [0.15, 0.2) is 0 Å². The summed E-state index contributed by atoms with van der Waals surface area (Å²) in [5.74, 6) is 0.170. The van der Waals surface area contributed by atoms with E-state index in [4.69, 9.17) is 18.8 Å². The van der Waals surface area contributed by atoms with Gasteiger partial charge >= 0.3 is 0 Å². The molecule has 0 bridgehead atoms. The first-order valence-electron chi connectivity index (χ1n) is 23.6. The Morgan fingerprint density at radius 2 is 1.01 bits per heavy atom. The summed E-state index contributed by atoms with van der Waals surface area (Å²) in [5.41, 5.74) is 17.3. The molecule has 0 N–H and O–H groups in total. The number of dihydropyridines is 1. The molecule has 2 aliphatic rings. The third kappa shape index (κ3) is 7.08. The van der Waals surface area contributed by atoms with Crippen molar-refractivity contribution >= 4 is 72.1 Å². The van der Waals surface area contributed by atoms with Crippen molar-refractivity contribution in [3.05, 3.63) is 246 Å². The van der Waals surface area contributed by atoms with Crippen LogP contribution in [-0.4, -0.2) is 11.4 Å². The summed E-state index contributed by atoms with van der Waals surface area (Å²) >= 11 is 0. The molecular weight excluding hydrogens is 817 g/mol. The normalized spacial score (nSPS) is 17.5. The van der Waals surface area contributed by atoms with Crippen molar-refractivity contribution in [2.75, 3.05) is 0 Å². The quantitative estimate of drug-likeness (QED) is 0.145. The Morgan fingerprint density at radius 1 is 0.463 bits per heavy atom. The van der Waals surface area contributed by atoms with Gasteiger partial charge < -0.3 is 8.83 Å². The number of para-hydroxylation sites is 2. The van der Waals surface area contributed by atoms with E-state index in [1.165, 1.54) is 16.7 Å². The highest BCUT2D eigenvalue weighted by atomic mass is 16.3. The summed E-state index contributed by atoms with van der Waals surface area (Å²) in [6.45, 7) is 4.52. The van der Waals surface area contributed by atoms with Crippen LogP contribution in [0.25, 0.3) is 71.8 Å². The molecule has 12 rings (SSSR count). The third-order valence-corrected chi connectivity index (χ3v) is 13.8. The predicted molar refractivity (Wildman–Crippen MR) is 280 cm³/mol. The van der Waals surface area contributed by atoms with Gasteiger partial charge in [0.05, 0.1) is 28.7 Å². The molecule has 0 amide bonds. The van der Waals surface area contributed by atoms with Crippen molar-refractivity contribution in [2.24, 2.45) is 21.8 Å². The highest BCUT2D eigenvalue weighted by Crippen LogP contribution is 2.49. The number of furan rings is 2. The van der Waals surface area contributed by atoms with E-state index in [1.807, 2.05) is 0 Å². The van der Waals surface area contributed by atoms with E-state index in [0.717, 1.165) is 113 Å². The molecular formula is C63H48N2O2. The lowest BCUT2D eigenvalue weighted by atomic mass is 9.78. The Morgan fingerprint density at radius 3 is 1.64 bits per heavy atom. The Labute approximate surface area is 390 Å². The minimum Gasteiger partial charge on any atom is -0.455 e. The van der Waals surface area contributed by atoms with E-state index < -0.39 is 0 Å². The Kier molecular flexibility index (Phi) is 10.3. The summed E-state index contributed by atoms with van der Waals surface area (Å²) in [5, 5.41) is 4.20. The first kappa shape index (κ1) is 40.4. The molecule has 8 aromatic carbocycles. The SMILES string of the molecule is CCC1C=C(c2ccccc2)C=C(c2ccccc2)N=C1c1cccc2c1oc1c(-c3ccccc3)c3oc4c(C5N=C(c6ccccc6)C=C(c6ccccc6)C5CC)cccc4c3cc12. The summed E-state index contributed by atoms with van der Waals surface area (Å²) < 4.78 is 14.6. The molecule has 0 saturated heterocycles. The molecule has 0 saturated carbocycles. The van der Waals surface area contributed by atoms with Crippen molar-refractivity contribution in [3.8, 4) is 11.1 Å². The van der Waals surface area contributed by atoms with Crippen LogP contribution >= 0.6 is 0 Å². The molecule has 4 heterocycles. The highest BCUT2D eigenvalue weighted by Gasteiger charge is 2.33. The Hall–Kier alpha value is -8.08. The number of aliphatic imine (C=N–C) groups is 2. The van der Waals surface area contributed by atoms with Crippen LogP contribution < -0.4 is 0 Å². The van der Waals surface area contributed by atoms with Gasteiger partial charge in [0.1, 0.15) is 22.3 Å². The van der Waals surface area contributed by atoms with Crippen LogP contribution in [0.2, 0.25) is 0 Å². The lowest BCUT2D eigenvalue weighted by molar-refractivity contribution is 0.515. The second kappa shape index (κ2) is 17.0. The summed E-state index contributed by atoms with van der Waals surface area (Å²) in [7, 11) is 0. The van der Waals surface area contributed by atoms with Crippen LogP contribution in [0.15, 0.2) is 231 Å². The number of hydrogen-bond acceptors (Lipinski definition) is 4. The summed E-state index contributed by atoms with van der Waals surface area (Å²) in [4.78, 5) is 11.2. The number of hydrogen-bond donors (Lipinski definition) is 0. The molecule has 0 radical (unpaired) electrons. The average Bonchev–Trinajstić information content (AvgIpc) is 3.90. The predicted octanol–water partition coefficient (Wildman–Crippen LogP) is 16.8. The molecule has 4 heteroatoms. The van der Waals surface area contributed by atoms with Gasteiger partial charge in [-0.05, 0) is 70.5 Å². The van der Waals surface area contributed by atoms with Crippen LogP contribution in [0.3, 0.4) is 0 Å². The van der Waals surface area contributed by atoms with Gasteiger partial charge in [-0.1, -0.05) is 202 Å². The molecule has 2 aromatic heterocycles. The van der Waals surface area contributed by atoms with Crippen LogP contribution in [0, 0.1) is 11.8 Å². The van der Waals surface area contributed by atoms with Crippen LogP contribution in [0.1, 0.15) is 66.1 Å². The van der Waals surface area contributed by atoms with Gasteiger partial charge in [0, 0.05) is 50.1 Å². The van der Waals surface area contributed by atoms with E-state index in [-0.39, 0.29) is 17.9 Å². The zero-order valence-corrected chi connectivity index (χ0v) is 37.6. The van der Waals surface area contributed by atoms with Gasteiger partial charge in [-0.3, -0.25) is 9.98 Å². The van der Waals surface area contributed by atoms with Gasteiger partial charge in [0.2, 0.25) is 0 Å². The summed E-state index contributed by atoms with van der Waals surface area (Å²) in [6, 6.07) is 68.3. The molecule has 67 heavy (non-hydrogen) atoms. The fourth-order valence-corrected chi connectivity index (χ4v) is 10.5. The lowest BCUT2D eigenvalue weighted by Crippen LogP contribution is -2.20. The number of rotatable bonds is 9. The summed E-state index contributed by atoms with van der Waals surface area (Å²) in [6.07, 6.45) is 8.72. The Bertz CT molecular complexity index is 3630. The molecule has 10 aromatic rings. The van der Waals surface area contributed by atoms with Gasteiger partial charge in [0.25, 0.3) is 0 Å². The van der Waals surface area contributed by atoms with Gasteiger partial charge in [-0.25, -0.2) is 0 Å². The molecule has 4 nitrogen and oxygen atoms in total. The van der Waals surface area contributed by atoms with Crippen molar-refractivity contribution in [1.29, 1.82) is 0 Å². The van der Waals surface area contributed by atoms with Crippen LogP contribution in [0.4, 0.5) is 0 Å². The van der Waals surface area contributed by atoms with Crippen LogP contribution in [0.5, 0.6) is 0 Å². The highest BCUT2D eigenvalue weighted by molar-refractivity contribution is 6.25. The fraction of sp³-hybridized carbons (Fsp3) is 0.111. The second-order valence-electron chi connectivity index (χ2n) is 17.7. The molecule has 2 aliphatic heterocycles. The zero-order chi connectivity index (χ0) is 44.8. The molecule has 3 unspecified atom stereocenters. The third-order valence-electron chi connectivity index (χ3n) is 13.8. The molecule has 3 atom stereocenters. The topological polar surface area (TPSA) is 51.0 Å². The minimum absolute atomic E-state index is 0.0350. The van der Waals surface area contributed by atoms with Crippen molar-refractivity contribution in [1.82, 2.24) is 0 Å². The minimum atomic E-state index is -0.172. The monoisotopic (exact) mass is 864 g/mol. The first-order chi connectivity index (χ1) is 33.1. The number of nitrogens with zero attached hydrogens (tertiary/aromatic N) is 2. The average molecular weight is 865 g/mol. The maximum Gasteiger partial charge on any atom is 0.147 e. The molecule has 322 valence electrons. The standard InChI is InChI=1S/C63H48N2O2/c1-3-40-36-46(41-22-10-5-11-23-41)37-55(43-26-14-7-15-27-43)64-58(40)50-34-20-32-48-53-38-54-49-33-21-35-51(61(49)67-63(54)57(62(53)66-60(48)50)45-30-18-9-19-31-45)59-47(4-2)52(42-24-12-6-13-25-42)39-56(65-59)44-28-16-8-17-29-44/h5-40,47,59H,3-4H2,1-2H3.